The molecule has 0 saturated heterocycles. The molecule has 2 aliphatic heterocycles. The van der Waals surface area contributed by atoms with Crippen molar-refractivity contribution in [1.82, 2.24) is 14.8 Å². The molecule has 2 aliphatic rings. The molecule has 4 rings (SSSR count). The quantitative estimate of drug-likeness (QED) is 0.749. The first-order chi connectivity index (χ1) is 14.0. The number of benzene rings is 1. The van der Waals surface area contributed by atoms with Gasteiger partial charge in [-0.1, -0.05) is 6.07 Å². The summed E-state index contributed by atoms with van der Waals surface area (Å²) < 4.78 is 10.7. The third-order valence-corrected chi connectivity index (χ3v) is 4.75. The van der Waals surface area contributed by atoms with Gasteiger partial charge in [0.1, 0.15) is 5.82 Å². The Morgan fingerprint density at radius 1 is 1.27 bits per heavy atom. The first-order valence-electron chi connectivity index (χ1n) is 9.27. The molecule has 2 amide bonds. The van der Waals surface area contributed by atoms with Crippen LogP contribution in [0.2, 0.25) is 0 Å². The van der Waals surface area contributed by atoms with Gasteiger partial charge in [0.25, 0.3) is 0 Å². The van der Waals surface area contributed by atoms with Crippen LogP contribution in [0.1, 0.15) is 16.7 Å². The maximum atomic E-state index is 12.5. The first kappa shape index (κ1) is 21.6. The Labute approximate surface area is 180 Å². The zero-order chi connectivity index (χ0) is 20.4. The topological polar surface area (TPSA) is 84.0 Å². The van der Waals surface area contributed by atoms with E-state index in [0.29, 0.717) is 31.2 Å². The number of pyridine rings is 1. The number of ether oxygens (including phenoxy) is 2. The van der Waals surface area contributed by atoms with E-state index in [1.165, 1.54) is 6.08 Å². The van der Waals surface area contributed by atoms with Crippen LogP contribution in [0.15, 0.2) is 36.5 Å². The summed E-state index contributed by atoms with van der Waals surface area (Å²) in [7, 11) is 3.63. The number of anilines is 1. The maximum Gasteiger partial charge on any atom is 0.246 e. The van der Waals surface area contributed by atoms with Crippen molar-refractivity contribution in [3.05, 3.63) is 53.2 Å². The van der Waals surface area contributed by atoms with Crippen LogP contribution < -0.4 is 14.8 Å². The molecule has 2 aromatic rings. The van der Waals surface area contributed by atoms with Gasteiger partial charge in [-0.15, -0.1) is 12.4 Å². The van der Waals surface area contributed by atoms with Crippen molar-refractivity contribution in [2.45, 2.75) is 13.1 Å². The van der Waals surface area contributed by atoms with Gasteiger partial charge in [-0.2, -0.15) is 0 Å². The summed E-state index contributed by atoms with van der Waals surface area (Å²) in [6.07, 6.45) is 4.90. The van der Waals surface area contributed by atoms with Gasteiger partial charge in [0, 0.05) is 38.0 Å². The highest BCUT2D eigenvalue weighted by molar-refractivity contribution is 5.93. The monoisotopic (exact) mass is 430 g/mol. The van der Waals surface area contributed by atoms with E-state index in [4.69, 9.17) is 9.47 Å². The van der Waals surface area contributed by atoms with Gasteiger partial charge in [-0.05, 0) is 42.4 Å². The van der Waals surface area contributed by atoms with Gasteiger partial charge in [-0.3, -0.25) is 14.5 Å². The Morgan fingerprint density at radius 3 is 2.90 bits per heavy atom. The van der Waals surface area contributed by atoms with E-state index in [1.807, 2.05) is 36.2 Å². The molecule has 0 fully saturated rings. The van der Waals surface area contributed by atoms with Gasteiger partial charge in [0.15, 0.2) is 11.5 Å². The molecule has 158 valence electrons. The summed E-state index contributed by atoms with van der Waals surface area (Å²) in [5.74, 6) is 1.79. The minimum absolute atomic E-state index is 0. The van der Waals surface area contributed by atoms with E-state index in [1.54, 1.807) is 24.2 Å². The van der Waals surface area contributed by atoms with Crippen molar-refractivity contribution in [3.63, 3.8) is 0 Å². The molecular formula is C21H23ClN4O4. The van der Waals surface area contributed by atoms with Crippen molar-refractivity contribution in [2.75, 3.05) is 32.7 Å². The number of carbonyl (C=O) groups excluding carboxylic acids is 2. The average molecular weight is 431 g/mol. The highest BCUT2D eigenvalue weighted by Crippen LogP contribution is 2.32. The number of hydrogen-bond donors (Lipinski definition) is 1. The second kappa shape index (κ2) is 9.15. The SMILES string of the molecule is CN1CC(=O)Nc2ncc(/C=C/C(=O)N(C)Cc3ccc4c(c3)OCO4)cc2C1.Cl. The lowest BCUT2D eigenvalue weighted by atomic mass is 10.1. The Morgan fingerprint density at radius 2 is 2.07 bits per heavy atom. The highest BCUT2D eigenvalue weighted by atomic mass is 35.5. The summed E-state index contributed by atoms with van der Waals surface area (Å²) in [5, 5.41) is 2.80. The van der Waals surface area contributed by atoms with Gasteiger partial charge in [-0.25, -0.2) is 4.98 Å². The lowest BCUT2D eigenvalue weighted by molar-refractivity contribution is -0.125. The van der Waals surface area contributed by atoms with Crippen LogP contribution in [0.4, 0.5) is 5.82 Å². The normalized spacial score (nSPS) is 15.2. The minimum Gasteiger partial charge on any atom is -0.454 e. The second-order valence-corrected chi connectivity index (χ2v) is 7.21. The highest BCUT2D eigenvalue weighted by Gasteiger charge is 2.18. The Hall–Kier alpha value is -3.10. The van der Waals surface area contributed by atoms with Crippen LogP contribution in [-0.4, -0.2) is 54.0 Å². The van der Waals surface area contributed by atoms with Crippen LogP contribution in [0.3, 0.4) is 0 Å². The first-order valence-corrected chi connectivity index (χ1v) is 9.27. The van der Waals surface area contributed by atoms with Crippen molar-refractivity contribution < 1.29 is 19.1 Å². The standard InChI is InChI=1S/C21H22N4O4.ClH/c1-24-11-16-7-14(9-22-21(16)23-19(26)12-24)4-6-20(27)25(2)10-15-3-5-17-18(8-15)29-13-28-17;/h3-9H,10-13H2,1-2H3,(H,22,23,26);1H/b6-4+;. The number of carbonyl (C=O) groups is 2. The van der Waals surface area contributed by atoms with Gasteiger partial charge in [0.2, 0.25) is 18.6 Å². The molecule has 0 atom stereocenters. The van der Waals surface area contributed by atoms with E-state index in [9.17, 15) is 9.59 Å². The van der Waals surface area contributed by atoms with Crippen LogP contribution >= 0.6 is 12.4 Å². The number of nitrogens with zero attached hydrogens (tertiary/aromatic N) is 3. The molecular weight excluding hydrogens is 408 g/mol. The Balaban J connectivity index is 0.00000256. The molecule has 8 nitrogen and oxygen atoms in total. The van der Waals surface area contributed by atoms with Gasteiger partial charge < -0.3 is 19.7 Å². The lowest BCUT2D eigenvalue weighted by Gasteiger charge is -2.15. The largest absolute Gasteiger partial charge is 0.454 e. The molecule has 0 radical (unpaired) electrons. The smallest absolute Gasteiger partial charge is 0.246 e. The van der Waals surface area contributed by atoms with Crippen LogP contribution in [-0.2, 0) is 22.7 Å². The number of hydrogen-bond acceptors (Lipinski definition) is 6. The molecule has 1 aromatic carbocycles. The lowest BCUT2D eigenvalue weighted by Crippen LogP contribution is -2.26. The minimum atomic E-state index is -0.122. The molecule has 30 heavy (non-hydrogen) atoms. The maximum absolute atomic E-state index is 12.5. The molecule has 0 unspecified atom stereocenters. The number of likely N-dealkylation sites (N-methyl/N-ethyl adjacent to an activating group) is 2. The van der Waals surface area contributed by atoms with Crippen molar-refractivity contribution in [1.29, 1.82) is 0 Å². The van der Waals surface area contributed by atoms with E-state index in [-0.39, 0.29) is 31.0 Å². The molecule has 1 N–H and O–H groups in total. The number of aromatic nitrogens is 1. The van der Waals surface area contributed by atoms with Crippen LogP contribution in [0, 0.1) is 0 Å². The third kappa shape index (κ3) is 4.90. The van der Waals surface area contributed by atoms with E-state index < -0.39 is 0 Å². The van der Waals surface area contributed by atoms with Crippen molar-refractivity contribution >= 4 is 36.1 Å². The van der Waals surface area contributed by atoms with Gasteiger partial charge >= 0.3 is 0 Å². The van der Waals surface area contributed by atoms with Gasteiger partial charge in [0.05, 0.1) is 6.54 Å². The predicted octanol–water partition coefficient (Wildman–Crippen LogP) is 2.29. The average Bonchev–Trinajstić information content (AvgIpc) is 3.09. The fraction of sp³-hybridized carbons (Fsp3) is 0.286. The number of fused-ring (bicyclic) bond motifs is 2. The van der Waals surface area contributed by atoms with Crippen LogP contribution in [0.5, 0.6) is 11.5 Å². The fourth-order valence-corrected chi connectivity index (χ4v) is 3.30. The van der Waals surface area contributed by atoms with E-state index in [0.717, 1.165) is 22.4 Å². The number of rotatable bonds is 4. The summed E-state index contributed by atoms with van der Waals surface area (Å²) in [5.41, 5.74) is 2.68. The summed E-state index contributed by atoms with van der Waals surface area (Å²) in [6.45, 7) is 1.62. The third-order valence-electron chi connectivity index (χ3n) is 4.75. The van der Waals surface area contributed by atoms with Crippen LogP contribution in [0.25, 0.3) is 6.08 Å². The van der Waals surface area contributed by atoms with E-state index >= 15 is 0 Å². The molecule has 9 heteroatoms. The number of amides is 2. The number of halogens is 1. The summed E-state index contributed by atoms with van der Waals surface area (Å²) in [4.78, 5) is 32.1. The molecule has 3 heterocycles. The summed E-state index contributed by atoms with van der Waals surface area (Å²) in [6, 6.07) is 7.59. The Bertz CT molecular complexity index is 995. The van der Waals surface area contributed by atoms with Crippen molar-refractivity contribution in [2.24, 2.45) is 0 Å². The van der Waals surface area contributed by atoms with Crippen molar-refractivity contribution in [3.8, 4) is 11.5 Å². The molecule has 0 bridgehead atoms. The predicted molar refractivity (Wildman–Crippen MR) is 115 cm³/mol. The molecule has 0 spiro atoms. The zero-order valence-electron chi connectivity index (χ0n) is 16.8. The summed E-state index contributed by atoms with van der Waals surface area (Å²) >= 11 is 0. The molecule has 0 aliphatic carbocycles. The molecule has 0 saturated carbocycles. The second-order valence-electron chi connectivity index (χ2n) is 7.21. The van der Waals surface area contributed by atoms with E-state index in [2.05, 4.69) is 10.3 Å². The number of nitrogens with one attached hydrogen (secondary N) is 1. The zero-order valence-corrected chi connectivity index (χ0v) is 17.6. The Kier molecular flexibility index (Phi) is 6.59. The fourth-order valence-electron chi connectivity index (χ4n) is 3.30. The molecule has 1 aromatic heterocycles.